The fourth-order valence-corrected chi connectivity index (χ4v) is 1.74. The first-order valence-corrected chi connectivity index (χ1v) is 7.86. The zero-order chi connectivity index (χ0) is 17.1. The molecular weight excluding hydrogens is 313 g/mol. The third-order valence-corrected chi connectivity index (χ3v) is 2.99. The molecule has 0 heterocycles. The van der Waals surface area contributed by atoms with Crippen molar-refractivity contribution in [2.45, 2.75) is 32.4 Å². The summed E-state index contributed by atoms with van der Waals surface area (Å²) in [4.78, 5) is 15.7. The minimum absolute atomic E-state index is 0.0138. The number of carbonyl (C=O) groups excluding carboxylic acids is 1. The van der Waals surface area contributed by atoms with E-state index in [-0.39, 0.29) is 18.4 Å². The minimum atomic E-state index is -4.29. The van der Waals surface area contributed by atoms with Crippen LogP contribution in [0, 0.1) is 5.92 Å². The lowest BCUT2D eigenvalue weighted by atomic mass is 10.4. The molecule has 1 fully saturated rings. The van der Waals surface area contributed by atoms with E-state index in [1.54, 1.807) is 0 Å². The summed E-state index contributed by atoms with van der Waals surface area (Å²) in [7, 11) is 0. The Labute approximate surface area is 134 Å². The van der Waals surface area contributed by atoms with Crippen molar-refractivity contribution in [2.24, 2.45) is 10.9 Å². The molecule has 0 bridgehead atoms. The number of nitrogens with one attached hydrogen (secondary N) is 3. The number of nitrogens with zero attached hydrogens (tertiary/aromatic N) is 1. The molecule has 1 aliphatic rings. The Balaban J connectivity index is 2.10. The Morgan fingerprint density at radius 2 is 1.91 bits per heavy atom. The predicted octanol–water partition coefficient (Wildman–Crippen LogP) is 1.04. The molecule has 0 aromatic carbocycles. The molecule has 1 aliphatic carbocycles. The maximum Gasteiger partial charge on any atom is 0.411 e. The Hall–Kier alpha value is -1.51. The van der Waals surface area contributed by atoms with Gasteiger partial charge in [-0.2, -0.15) is 13.2 Å². The molecule has 0 atom stereocenters. The van der Waals surface area contributed by atoms with Crippen molar-refractivity contribution >= 4 is 11.9 Å². The predicted molar refractivity (Wildman–Crippen MR) is 81.2 cm³/mol. The van der Waals surface area contributed by atoms with Crippen molar-refractivity contribution in [1.82, 2.24) is 16.0 Å². The van der Waals surface area contributed by atoms with Crippen LogP contribution >= 0.6 is 0 Å². The lowest BCUT2D eigenvalue weighted by Gasteiger charge is -2.12. The van der Waals surface area contributed by atoms with Crippen LogP contribution in [-0.2, 0) is 9.53 Å². The summed E-state index contributed by atoms with van der Waals surface area (Å²) in [6, 6.07) is 0. The number of hydrogen-bond acceptors (Lipinski definition) is 3. The van der Waals surface area contributed by atoms with Gasteiger partial charge in [-0.15, -0.1) is 0 Å². The van der Waals surface area contributed by atoms with Gasteiger partial charge < -0.3 is 20.7 Å². The number of carbonyl (C=O) groups is 1. The van der Waals surface area contributed by atoms with Crippen LogP contribution in [0.15, 0.2) is 4.99 Å². The number of aliphatic imine (C=N–C) groups is 1. The van der Waals surface area contributed by atoms with Gasteiger partial charge in [0.05, 0.1) is 0 Å². The third kappa shape index (κ3) is 10.8. The summed E-state index contributed by atoms with van der Waals surface area (Å²) in [6.45, 7) is 2.78. The molecule has 1 saturated carbocycles. The summed E-state index contributed by atoms with van der Waals surface area (Å²) >= 11 is 0. The zero-order valence-electron chi connectivity index (χ0n) is 13.3. The van der Waals surface area contributed by atoms with E-state index in [1.165, 1.54) is 0 Å². The maximum atomic E-state index is 11.9. The highest BCUT2D eigenvalue weighted by Gasteiger charge is 2.29. The molecule has 0 aromatic heterocycles. The van der Waals surface area contributed by atoms with Crippen LogP contribution in [0.2, 0.25) is 0 Å². The molecule has 0 radical (unpaired) electrons. The van der Waals surface area contributed by atoms with Gasteiger partial charge in [0, 0.05) is 38.7 Å². The topological polar surface area (TPSA) is 74.8 Å². The molecule has 0 saturated heterocycles. The van der Waals surface area contributed by atoms with E-state index in [4.69, 9.17) is 0 Å². The number of hydrogen-bond donors (Lipinski definition) is 3. The second-order valence-electron chi connectivity index (χ2n) is 5.27. The van der Waals surface area contributed by atoms with Crippen molar-refractivity contribution in [3.05, 3.63) is 0 Å². The number of ether oxygens (including phenoxy) is 1. The van der Waals surface area contributed by atoms with Crippen LogP contribution in [0.1, 0.15) is 26.2 Å². The van der Waals surface area contributed by atoms with Crippen LogP contribution in [0.3, 0.4) is 0 Å². The molecule has 0 aliphatic heterocycles. The molecule has 0 spiro atoms. The van der Waals surface area contributed by atoms with Gasteiger partial charge in [-0.25, -0.2) is 0 Å². The quantitative estimate of drug-likeness (QED) is 0.316. The average Bonchev–Trinajstić information content (AvgIpc) is 3.30. The molecule has 134 valence electrons. The van der Waals surface area contributed by atoms with Crippen LogP contribution in [0.25, 0.3) is 0 Å². The molecule has 0 unspecified atom stereocenters. The largest absolute Gasteiger partial charge is 0.411 e. The number of halogens is 3. The SMILES string of the molecule is CCNC(=NCCCOCC(F)(F)F)NCCNC(=O)C1CC1. The highest BCUT2D eigenvalue weighted by atomic mass is 19.4. The fraction of sp³-hybridized carbons (Fsp3) is 0.857. The second-order valence-corrected chi connectivity index (χ2v) is 5.27. The van der Waals surface area contributed by atoms with E-state index in [0.29, 0.717) is 38.6 Å². The number of guanidine groups is 1. The molecule has 6 nitrogen and oxygen atoms in total. The van der Waals surface area contributed by atoms with E-state index in [0.717, 1.165) is 12.8 Å². The standard InChI is InChI=1S/C14H25F3N4O2/c1-2-18-13(20-6-3-9-23-10-14(15,16)17)21-8-7-19-12(22)11-4-5-11/h11H,2-10H2,1H3,(H,19,22)(H2,18,20,21). The van der Waals surface area contributed by atoms with E-state index in [9.17, 15) is 18.0 Å². The van der Waals surface area contributed by atoms with E-state index in [2.05, 4.69) is 25.7 Å². The normalized spacial score (nSPS) is 15.4. The summed E-state index contributed by atoms with van der Waals surface area (Å²) in [5.41, 5.74) is 0. The fourth-order valence-electron chi connectivity index (χ4n) is 1.74. The Morgan fingerprint density at radius 3 is 2.52 bits per heavy atom. The lowest BCUT2D eigenvalue weighted by Crippen LogP contribution is -2.41. The van der Waals surface area contributed by atoms with Crippen LogP contribution in [0.4, 0.5) is 13.2 Å². The molecule has 9 heteroatoms. The first kappa shape index (κ1) is 19.5. The van der Waals surface area contributed by atoms with Gasteiger partial charge in [-0.05, 0) is 26.2 Å². The Kier molecular flexibility index (Phi) is 8.75. The Bertz CT molecular complexity index is 385. The summed E-state index contributed by atoms with van der Waals surface area (Å²) < 4.78 is 40.1. The molecule has 23 heavy (non-hydrogen) atoms. The van der Waals surface area contributed by atoms with Gasteiger partial charge in [0.15, 0.2) is 5.96 Å². The number of alkyl halides is 3. The van der Waals surface area contributed by atoms with Crippen LogP contribution < -0.4 is 16.0 Å². The maximum absolute atomic E-state index is 11.9. The van der Waals surface area contributed by atoms with Crippen molar-refractivity contribution in [1.29, 1.82) is 0 Å². The Morgan fingerprint density at radius 1 is 1.22 bits per heavy atom. The van der Waals surface area contributed by atoms with Gasteiger partial charge in [-0.1, -0.05) is 0 Å². The molecular formula is C14H25F3N4O2. The van der Waals surface area contributed by atoms with Gasteiger partial charge in [-0.3, -0.25) is 9.79 Å². The van der Waals surface area contributed by atoms with E-state index in [1.807, 2.05) is 6.92 Å². The first-order valence-electron chi connectivity index (χ1n) is 7.86. The highest BCUT2D eigenvalue weighted by Crippen LogP contribution is 2.28. The summed E-state index contributed by atoms with van der Waals surface area (Å²) in [6.07, 6.45) is -1.94. The van der Waals surface area contributed by atoms with Crippen molar-refractivity contribution in [3.63, 3.8) is 0 Å². The summed E-state index contributed by atoms with van der Waals surface area (Å²) in [5.74, 6) is 0.855. The van der Waals surface area contributed by atoms with Gasteiger partial charge in [0.2, 0.25) is 5.91 Å². The third-order valence-electron chi connectivity index (χ3n) is 2.99. The van der Waals surface area contributed by atoms with E-state index >= 15 is 0 Å². The monoisotopic (exact) mass is 338 g/mol. The summed E-state index contributed by atoms with van der Waals surface area (Å²) in [5, 5.41) is 8.91. The molecule has 0 aromatic rings. The van der Waals surface area contributed by atoms with Crippen molar-refractivity contribution in [2.75, 3.05) is 39.4 Å². The lowest BCUT2D eigenvalue weighted by molar-refractivity contribution is -0.173. The second kappa shape index (κ2) is 10.3. The average molecular weight is 338 g/mol. The zero-order valence-corrected chi connectivity index (χ0v) is 13.3. The number of rotatable bonds is 10. The molecule has 1 rings (SSSR count). The van der Waals surface area contributed by atoms with Gasteiger partial charge in [0.25, 0.3) is 0 Å². The molecule has 3 N–H and O–H groups in total. The first-order chi connectivity index (χ1) is 10.9. The van der Waals surface area contributed by atoms with Crippen molar-refractivity contribution in [3.8, 4) is 0 Å². The van der Waals surface area contributed by atoms with E-state index < -0.39 is 12.8 Å². The smallest absolute Gasteiger partial charge is 0.372 e. The highest BCUT2D eigenvalue weighted by molar-refractivity contribution is 5.81. The van der Waals surface area contributed by atoms with Crippen LogP contribution in [0.5, 0.6) is 0 Å². The van der Waals surface area contributed by atoms with Crippen LogP contribution in [-0.4, -0.2) is 57.4 Å². The van der Waals surface area contributed by atoms with Gasteiger partial charge in [0.1, 0.15) is 6.61 Å². The van der Waals surface area contributed by atoms with Crippen molar-refractivity contribution < 1.29 is 22.7 Å². The van der Waals surface area contributed by atoms with Gasteiger partial charge >= 0.3 is 6.18 Å². The molecule has 1 amide bonds. The minimum Gasteiger partial charge on any atom is -0.372 e. The number of amides is 1.